The normalized spacial score (nSPS) is 0. The fourth-order valence-electron chi connectivity index (χ4n) is 0. The Hall–Kier alpha value is 1.92. The van der Waals surface area contributed by atoms with E-state index < -0.39 is 0 Å². The summed E-state index contributed by atoms with van der Waals surface area (Å²) in [4.78, 5) is 0. The largest absolute Gasteiger partial charge is 0 e. The summed E-state index contributed by atoms with van der Waals surface area (Å²) in [6, 6.07) is 0. The molecule has 0 spiro atoms. The summed E-state index contributed by atoms with van der Waals surface area (Å²) in [5.41, 5.74) is 0. The number of hydrogen-bond acceptors (Lipinski definition) is 0. The second-order valence-electron chi connectivity index (χ2n) is 0. The van der Waals surface area contributed by atoms with E-state index in [0.29, 0.717) is 0 Å². The average Bonchev–Trinajstić information content (AvgIpc) is 0. The fraction of sp³-hybridized carbons (Fsp3) is 0. The molecule has 0 bridgehead atoms. The summed E-state index contributed by atoms with van der Waals surface area (Å²) in [6.45, 7) is 0. The molecule has 0 heterocycles. The molecule has 0 aromatic heterocycles. The van der Waals surface area contributed by atoms with E-state index in [9.17, 15) is 0 Å². The van der Waals surface area contributed by atoms with Crippen LogP contribution in [0.4, 0.5) is 0 Å². The summed E-state index contributed by atoms with van der Waals surface area (Å²) < 4.78 is 0. The van der Waals surface area contributed by atoms with Crippen molar-refractivity contribution in [1.29, 1.82) is 0 Å². The molecule has 0 atom stereocenters. The molecule has 0 aliphatic heterocycles. The van der Waals surface area contributed by atoms with Gasteiger partial charge in [-0.15, -0.1) is 0 Å². The first kappa shape index (κ1) is 38.8. The third-order valence-corrected chi connectivity index (χ3v) is 0. The van der Waals surface area contributed by atoms with Gasteiger partial charge in [0.15, 0.2) is 0 Å². The molecular weight excluding hydrogens is 166 g/mol. The molecule has 3 heteroatoms. The van der Waals surface area contributed by atoms with E-state index in [-0.39, 0.29) is 67.4 Å². The topological polar surface area (TPSA) is 0 Å². The first-order chi connectivity index (χ1) is 0. The Morgan fingerprint density at radius 1 is 0.750 bits per heavy atom. The molecule has 0 N–H and O–H groups in total. The Labute approximate surface area is 66.8 Å². The zero-order chi connectivity index (χ0) is 0. The van der Waals surface area contributed by atoms with Gasteiger partial charge in [0.25, 0.3) is 0 Å². The van der Waals surface area contributed by atoms with E-state index >= 15 is 0 Å². The van der Waals surface area contributed by atoms with Crippen LogP contribution in [0.1, 0.15) is 0 Å². The second-order valence-corrected chi connectivity index (χ2v) is 0. The Kier molecular flexibility index (Phi) is 199. The molecule has 0 saturated carbocycles. The van der Waals surface area contributed by atoms with Gasteiger partial charge in [-0.25, -0.2) is 0 Å². The molecule has 0 saturated heterocycles. The van der Waals surface area contributed by atoms with Crippen LogP contribution in [-0.2, 0) is 59.9 Å². The standard InChI is InChI=1S/C.Ni.2Ti. The van der Waals surface area contributed by atoms with E-state index in [2.05, 4.69) is 0 Å². The molecule has 0 nitrogen and oxygen atoms in total. The van der Waals surface area contributed by atoms with Crippen LogP contribution in [-0.4, -0.2) is 0 Å². The van der Waals surface area contributed by atoms with Gasteiger partial charge in [-0.3, -0.25) is 0 Å². The molecule has 0 aliphatic rings. The monoisotopic (exact) mass is 166 g/mol. The molecule has 0 amide bonds. The molecule has 4 heavy (non-hydrogen) atoms. The predicted molar refractivity (Wildman–Crippen MR) is 3.24 cm³/mol. The first-order valence-electron chi connectivity index (χ1n) is 0. The maximum atomic E-state index is 0. The molecule has 0 aromatic rings. The first-order valence-corrected chi connectivity index (χ1v) is 0. The smallest absolute Gasteiger partial charge is 0 e. The van der Waals surface area contributed by atoms with E-state index in [4.69, 9.17) is 0 Å². The van der Waals surface area contributed by atoms with E-state index in [1.54, 1.807) is 0 Å². The van der Waals surface area contributed by atoms with E-state index in [1.165, 1.54) is 0 Å². The van der Waals surface area contributed by atoms with Gasteiger partial charge in [-0.1, -0.05) is 0 Å². The van der Waals surface area contributed by atoms with Crippen molar-refractivity contribution in [1.82, 2.24) is 0 Å². The third-order valence-electron chi connectivity index (χ3n) is 0. The van der Waals surface area contributed by atoms with Crippen molar-refractivity contribution < 1.29 is 59.9 Å². The number of hydrogen-bond donors (Lipinski definition) is 0. The van der Waals surface area contributed by atoms with Gasteiger partial charge < -0.3 is 0 Å². The van der Waals surface area contributed by atoms with Gasteiger partial charge in [0.05, 0.1) is 0 Å². The van der Waals surface area contributed by atoms with Gasteiger partial charge in [0.1, 0.15) is 0 Å². The van der Waals surface area contributed by atoms with Crippen LogP contribution in [0.5, 0.6) is 0 Å². The summed E-state index contributed by atoms with van der Waals surface area (Å²) in [6.07, 6.45) is 0. The number of rotatable bonds is 0. The van der Waals surface area contributed by atoms with Crippen LogP contribution in [0, 0.1) is 7.43 Å². The van der Waals surface area contributed by atoms with Crippen LogP contribution < -0.4 is 0 Å². The van der Waals surface area contributed by atoms with Crippen LogP contribution >= 0.6 is 0 Å². The maximum Gasteiger partial charge on any atom is 0 e. The second kappa shape index (κ2) is 20.5. The van der Waals surface area contributed by atoms with Crippen molar-refractivity contribution in [2.45, 2.75) is 0 Å². The molecule has 22 valence electrons. The summed E-state index contributed by atoms with van der Waals surface area (Å²) >= 11 is 0. The zero-order valence-corrected chi connectivity index (χ0v) is 5.93. The summed E-state index contributed by atoms with van der Waals surface area (Å²) in [5, 5.41) is 0. The molecular formula is CNiTi2. The summed E-state index contributed by atoms with van der Waals surface area (Å²) in [5.74, 6) is 0. The SMILES string of the molecule is [C].[Ni].[Ti].[Ti]. The Balaban J connectivity index is 0. The van der Waals surface area contributed by atoms with Crippen molar-refractivity contribution in [3.63, 3.8) is 0 Å². The molecule has 0 aromatic carbocycles. The Morgan fingerprint density at radius 2 is 0.750 bits per heavy atom. The van der Waals surface area contributed by atoms with Crippen molar-refractivity contribution >= 4 is 0 Å². The van der Waals surface area contributed by atoms with Gasteiger partial charge in [-0.05, 0) is 0 Å². The third kappa shape index (κ3) is 9.06. The Bertz CT molecular complexity index is 6.00. The van der Waals surface area contributed by atoms with Gasteiger partial charge in [0, 0.05) is 67.4 Å². The molecule has 0 aliphatic carbocycles. The fourth-order valence-corrected chi connectivity index (χ4v) is 0. The quantitative estimate of drug-likeness (QED) is 0.447. The predicted octanol–water partition coefficient (Wildman–Crippen LogP) is 0.0738. The van der Waals surface area contributed by atoms with Crippen molar-refractivity contribution in [3.05, 3.63) is 7.43 Å². The van der Waals surface area contributed by atoms with Crippen molar-refractivity contribution in [2.75, 3.05) is 0 Å². The van der Waals surface area contributed by atoms with Crippen LogP contribution in [0.15, 0.2) is 0 Å². The molecule has 4 radical (unpaired) electrons. The van der Waals surface area contributed by atoms with Crippen molar-refractivity contribution in [3.8, 4) is 0 Å². The molecule has 0 rings (SSSR count). The van der Waals surface area contributed by atoms with Crippen LogP contribution in [0.2, 0.25) is 0 Å². The minimum atomic E-state index is 0. The van der Waals surface area contributed by atoms with Crippen LogP contribution in [0.3, 0.4) is 0 Å². The van der Waals surface area contributed by atoms with Crippen molar-refractivity contribution in [2.24, 2.45) is 0 Å². The summed E-state index contributed by atoms with van der Waals surface area (Å²) in [7, 11) is 0. The van der Waals surface area contributed by atoms with Gasteiger partial charge in [-0.2, -0.15) is 0 Å². The van der Waals surface area contributed by atoms with E-state index in [0.717, 1.165) is 0 Å². The van der Waals surface area contributed by atoms with Gasteiger partial charge in [0.2, 0.25) is 0 Å². The minimum absolute atomic E-state index is 0. The average molecular weight is 166 g/mol. The van der Waals surface area contributed by atoms with E-state index in [1.807, 2.05) is 0 Å². The van der Waals surface area contributed by atoms with Crippen LogP contribution in [0.25, 0.3) is 0 Å². The maximum absolute atomic E-state index is 0. The zero-order valence-electron chi connectivity index (χ0n) is 1.82. The minimum Gasteiger partial charge on any atom is 0 e. The Morgan fingerprint density at radius 3 is 0.750 bits per heavy atom. The van der Waals surface area contributed by atoms with Gasteiger partial charge >= 0.3 is 0 Å². The molecule has 0 unspecified atom stereocenters. The molecule has 0 fully saturated rings.